The maximum absolute atomic E-state index is 10.6. The Morgan fingerprint density at radius 3 is 1.52 bits per heavy atom. The fourth-order valence-corrected chi connectivity index (χ4v) is 2.88. The molecule has 0 N–H and O–H groups in total. The molecule has 0 aliphatic heterocycles. The molecule has 0 radical (unpaired) electrons. The number of carbonyl (C=O) groups is 2. The van der Waals surface area contributed by atoms with Gasteiger partial charge in [0, 0.05) is 33.3 Å². The topological polar surface area (TPSA) is 59.9 Å². The van der Waals surface area contributed by atoms with E-state index in [1.54, 1.807) is 35.9 Å². The quantitative estimate of drug-likeness (QED) is 0.691. The summed E-state index contributed by atoms with van der Waals surface area (Å²) in [4.78, 5) is 31.5. The average Bonchev–Trinajstić information content (AvgIpc) is 3.05. The first-order valence-electron chi connectivity index (χ1n) is 6.23. The molecule has 0 saturated heterocycles. The Bertz CT molecular complexity index is 711. The Morgan fingerprint density at radius 1 is 0.714 bits per heavy atom. The minimum atomic E-state index is 0.421. The van der Waals surface area contributed by atoms with E-state index < -0.39 is 0 Å². The van der Waals surface area contributed by atoms with Gasteiger partial charge in [-0.1, -0.05) is 0 Å². The van der Waals surface area contributed by atoms with Crippen LogP contribution in [-0.4, -0.2) is 22.5 Å². The molecule has 0 amide bonds. The average molecular weight is 294 g/mol. The Hall–Kier alpha value is -2.66. The molecule has 0 aliphatic carbocycles. The fourth-order valence-electron chi connectivity index (χ4n) is 1.89. The molecule has 102 valence electrons. The van der Waals surface area contributed by atoms with E-state index in [-0.39, 0.29) is 0 Å². The highest BCUT2D eigenvalue weighted by Crippen LogP contribution is 2.33. The molecule has 4 nitrogen and oxygen atoms in total. The van der Waals surface area contributed by atoms with Crippen LogP contribution in [0, 0.1) is 0 Å². The molecule has 0 aliphatic rings. The zero-order valence-corrected chi connectivity index (χ0v) is 11.7. The lowest BCUT2D eigenvalue weighted by Crippen LogP contribution is -1.85. The summed E-state index contributed by atoms with van der Waals surface area (Å²) in [7, 11) is 0. The molecule has 3 heterocycles. The summed E-state index contributed by atoms with van der Waals surface area (Å²) in [6.07, 6.45) is 4.83. The summed E-state index contributed by atoms with van der Waals surface area (Å²) in [6.45, 7) is 0. The number of nitrogens with zero attached hydrogens (tertiary/aromatic N) is 2. The molecule has 0 fully saturated rings. The standard InChI is InChI=1S/C16H10N2O2S/c19-9-13-3-1-11(7-17-13)15-5-6-16(21-15)12-2-4-14(10-20)18-8-12/h1-10H. The van der Waals surface area contributed by atoms with Gasteiger partial charge in [0.1, 0.15) is 11.4 Å². The minimum absolute atomic E-state index is 0.421. The van der Waals surface area contributed by atoms with Gasteiger partial charge < -0.3 is 0 Å². The number of hydrogen-bond donors (Lipinski definition) is 0. The molecule has 0 bridgehead atoms. The van der Waals surface area contributed by atoms with Crippen LogP contribution in [0.3, 0.4) is 0 Å². The Kier molecular flexibility index (Phi) is 3.66. The van der Waals surface area contributed by atoms with Gasteiger partial charge in [-0.25, -0.2) is 0 Å². The predicted molar refractivity (Wildman–Crippen MR) is 81.6 cm³/mol. The third-order valence-corrected chi connectivity index (χ3v) is 4.17. The van der Waals surface area contributed by atoms with Crippen molar-refractivity contribution in [1.29, 1.82) is 0 Å². The van der Waals surface area contributed by atoms with Crippen LogP contribution in [0.25, 0.3) is 20.9 Å². The SMILES string of the molecule is O=Cc1ccc(-c2ccc(-c3ccc(C=O)nc3)s2)cn1. The first-order valence-corrected chi connectivity index (χ1v) is 7.05. The van der Waals surface area contributed by atoms with Crippen molar-refractivity contribution in [3.63, 3.8) is 0 Å². The van der Waals surface area contributed by atoms with Crippen molar-refractivity contribution < 1.29 is 9.59 Å². The zero-order chi connectivity index (χ0) is 14.7. The molecule has 21 heavy (non-hydrogen) atoms. The Morgan fingerprint density at radius 2 is 1.19 bits per heavy atom. The van der Waals surface area contributed by atoms with Gasteiger partial charge in [-0.15, -0.1) is 11.3 Å². The van der Waals surface area contributed by atoms with E-state index in [9.17, 15) is 9.59 Å². The van der Waals surface area contributed by atoms with E-state index in [1.165, 1.54) is 0 Å². The highest BCUT2D eigenvalue weighted by atomic mass is 32.1. The summed E-state index contributed by atoms with van der Waals surface area (Å²) >= 11 is 1.61. The van der Waals surface area contributed by atoms with E-state index in [4.69, 9.17) is 0 Å². The van der Waals surface area contributed by atoms with E-state index in [0.717, 1.165) is 33.5 Å². The van der Waals surface area contributed by atoms with E-state index >= 15 is 0 Å². The molecule has 0 saturated carbocycles. The maximum Gasteiger partial charge on any atom is 0.168 e. The molecular weight excluding hydrogens is 284 g/mol. The number of hydrogen-bond acceptors (Lipinski definition) is 5. The molecule has 0 unspecified atom stereocenters. The van der Waals surface area contributed by atoms with E-state index in [2.05, 4.69) is 9.97 Å². The molecule has 3 aromatic heterocycles. The first kappa shape index (κ1) is 13.3. The van der Waals surface area contributed by atoms with Gasteiger partial charge in [-0.2, -0.15) is 0 Å². The Balaban J connectivity index is 1.90. The number of pyridine rings is 2. The van der Waals surface area contributed by atoms with E-state index in [1.807, 2.05) is 24.3 Å². The number of thiophene rings is 1. The summed E-state index contributed by atoms with van der Waals surface area (Å²) < 4.78 is 0. The number of rotatable bonds is 4. The smallest absolute Gasteiger partial charge is 0.168 e. The largest absolute Gasteiger partial charge is 0.296 e. The molecule has 5 heteroatoms. The second-order valence-corrected chi connectivity index (χ2v) is 5.43. The highest BCUT2D eigenvalue weighted by Gasteiger charge is 2.06. The van der Waals surface area contributed by atoms with Crippen LogP contribution in [-0.2, 0) is 0 Å². The fraction of sp³-hybridized carbons (Fsp3) is 0. The van der Waals surface area contributed by atoms with Crippen LogP contribution in [0.1, 0.15) is 21.0 Å². The van der Waals surface area contributed by atoms with Crippen LogP contribution in [0.5, 0.6) is 0 Å². The van der Waals surface area contributed by atoms with Crippen molar-refractivity contribution in [1.82, 2.24) is 9.97 Å². The van der Waals surface area contributed by atoms with Gasteiger partial charge >= 0.3 is 0 Å². The van der Waals surface area contributed by atoms with Gasteiger partial charge in [0.25, 0.3) is 0 Å². The molecule has 0 aromatic carbocycles. The molecular formula is C16H10N2O2S. The van der Waals surface area contributed by atoms with Crippen molar-refractivity contribution in [2.45, 2.75) is 0 Å². The third kappa shape index (κ3) is 2.78. The van der Waals surface area contributed by atoms with Crippen molar-refractivity contribution in [2.24, 2.45) is 0 Å². The number of aromatic nitrogens is 2. The summed E-state index contributed by atoms with van der Waals surface area (Å²) in [5.74, 6) is 0. The van der Waals surface area contributed by atoms with Crippen LogP contribution in [0.2, 0.25) is 0 Å². The summed E-state index contributed by atoms with van der Waals surface area (Å²) in [5, 5.41) is 0. The Labute approximate surface area is 125 Å². The number of carbonyl (C=O) groups excluding carboxylic acids is 2. The normalized spacial score (nSPS) is 10.3. The van der Waals surface area contributed by atoms with Crippen LogP contribution in [0.15, 0.2) is 48.8 Å². The van der Waals surface area contributed by atoms with Gasteiger partial charge in [-0.05, 0) is 36.4 Å². The molecule has 0 spiro atoms. The second-order valence-electron chi connectivity index (χ2n) is 4.34. The monoisotopic (exact) mass is 294 g/mol. The van der Waals surface area contributed by atoms with Crippen molar-refractivity contribution in [3.8, 4) is 20.9 Å². The van der Waals surface area contributed by atoms with Gasteiger partial charge in [-0.3, -0.25) is 19.6 Å². The third-order valence-electron chi connectivity index (χ3n) is 2.99. The minimum Gasteiger partial charge on any atom is -0.296 e. The van der Waals surface area contributed by atoms with E-state index in [0.29, 0.717) is 11.4 Å². The van der Waals surface area contributed by atoms with Crippen LogP contribution < -0.4 is 0 Å². The van der Waals surface area contributed by atoms with Crippen LogP contribution in [0.4, 0.5) is 0 Å². The lowest BCUT2D eigenvalue weighted by Gasteiger charge is -1.98. The van der Waals surface area contributed by atoms with Crippen LogP contribution >= 0.6 is 11.3 Å². The first-order chi connectivity index (χ1) is 10.3. The summed E-state index contributed by atoms with van der Waals surface area (Å²) in [5.41, 5.74) is 2.78. The van der Waals surface area contributed by atoms with Gasteiger partial charge in [0.2, 0.25) is 0 Å². The predicted octanol–water partition coefficient (Wildman–Crippen LogP) is 3.50. The van der Waals surface area contributed by atoms with Crippen molar-refractivity contribution in [3.05, 3.63) is 60.2 Å². The van der Waals surface area contributed by atoms with Crippen molar-refractivity contribution >= 4 is 23.9 Å². The molecule has 3 rings (SSSR count). The maximum atomic E-state index is 10.6. The lowest BCUT2D eigenvalue weighted by atomic mass is 10.2. The number of aldehydes is 2. The molecule has 0 atom stereocenters. The lowest BCUT2D eigenvalue weighted by molar-refractivity contribution is 0.111. The van der Waals surface area contributed by atoms with Gasteiger partial charge in [0.05, 0.1) is 0 Å². The highest BCUT2D eigenvalue weighted by molar-refractivity contribution is 7.18. The molecule has 3 aromatic rings. The summed E-state index contributed by atoms with van der Waals surface area (Å²) in [6, 6.07) is 11.2. The van der Waals surface area contributed by atoms with Gasteiger partial charge in [0.15, 0.2) is 12.6 Å². The zero-order valence-electron chi connectivity index (χ0n) is 10.9. The second kappa shape index (κ2) is 5.76. The van der Waals surface area contributed by atoms with Crippen molar-refractivity contribution in [2.75, 3.05) is 0 Å².